The highest BCUT2D eigenvalue weighted by molar-refractivity contribution is 6.02. The number of hydrogen-bond donors (Lipinski definition) is 2. The number of benzene rings is 2. The Morgan fingerprint density at radius 3 is 2.60 bits per heavy atom. The van der Waals surface area contributed by atoms with Gasteiger partial charge in [0.25, 0.3) is 5.91 Å². The molecule has 7 heteroatoms. The van der Waals surface area contributed by atoms with Crippen LogP contribution < -0.4 is 16.0 Å². The lowest BCUT2D eigenvalue weighted by Crippen LogP contribution is -2.54. The summed E-state index contributed by atoms with van der Waals surface area (Å²) in [6, 6.07) is 8.63. The van der Waals surface area contributed by atoms with Crippen molar-refractivity contribution in [2.24, 2.45) is 5.73 Å². The van der Waals surface area contributed by atoms with Crippen molar-refractivity contribution in [1.82, 2.24) is 5.32 Å². The average Bonchev–Trinajstić information content (AvgIpc) is 2.56. The second-order valence-corrected chi connectivity index (χ2v) is 5.95. The highest BCUT2D eigenvalue weighted by atomic mass is 19.1. The van der Waals surface area contributed by atoms with E-state index in [-0.39, 0.29) is 17.7 Å². The summed E-state index contributed by atoms with van der Waals surface area (Å²) in [6.45, 7) is 1.76. The van der Waals surface area contributed by atoms with Crippen molar-refractivity contribution in [2.45, 2.75) is 25.4 Å². The van der Waals surface area contributed by atoms with Crippen LogP contribution in [0.2, 0.25) is 0 Å². The molecule has 0 saturated carbocycles. The minimum absolute atomic E-state index is 0.0821. The fraction of sp³-hybridized carbons (Fsp3) is 0.222. The van der Waals surface area contributed by atoms with E-state index in [1.807, 2.05) is 30.3 Å². The zero-order chi connectivity index (χ0) is 18.1. The minimum Gasteiger partial charge on any atom is -0.352 e. The summed E-state index contributed by atoms with van der Waals surface area (Å²) in [7, 11) is 0. The summed E-state index contributed by atoms with van der Waals surface area (Å²) in [4.78, 5) is 25.4. The third-order valence-corrected chi connectivity index (χ3v) is 4.33. The van der Waals surface area contributed by atoms with Crippen LogP contribution in [0, 0.1) is 11.6 Å². The second-order valence-electron chi connectivity index (χ2n) is 5.95. The predicted molar refractivity (Wildman–Crippen MR) is 88.9 cm³/mol. The largest absolute Gasteiger partial charge is 0.352 e. The molecule has 25 heavy (non-hydrogen) atoms. The molecule has 0 spiro atoms. The molecule has 0 fully saturated rings. The molecular formula is C18H17F2N3O2. The van der Waals surface area contributed by atoms with E-state index in [4.69, 9.17) is 5.73 Å². The number of nitrogens with zero attached hydrogens (tertiary/aromatic N) is 1. The first-order valence-corrected chi connectivity index (χ1v) is 7.80. The molecule has 3 amide bonds. The number of nitrogens with two attached hydrogens (primary N) is 1. The van der Waals surface area contributed by atoms with Gasteiger partial charge in [0.2, 0.25) is 0 Å². The fourth-order valence-electron chi connectivity index (χ4n) is 3.15. The lowest BCUT2D eigenvalue weighted by atomic mass is 9.93. The van der Waals surface area contributed by atoms with Gasteiger partial charge in [0.15, 0.2) is 0 Å². The predicted octanol–water partition coefficient (Wildman–Crippen LogP) is 2.65. The van der Waals surface area contributed by atoms with E-state index in [2.05, 4.69) is 5.32 Å². The zero-order valence-corrected chi connectivity index (χ0v) is 13.5. The highest BCUT2D eigenvalue weighted by Gasteiger charge is 2.38. The van der Waals surface area contributed by atoms with Crippen molar-refractivity contribution < 1.29 is 18.4 Å². The number of rotatable bonds is 3. The lowest BCUT2D eigenvalue weighted by Gasteiger charge is -2.38. The van der Waals surface area contributed by atoms with Crippen LogP contribution in [0.25, 0.3) is 0 Å². The van der Waals surface area contributed by atoms with Crippen molar-refractivity contribution >= 4 is 17.6 Å². The normalized spacial score (nSPS) is 17.8. The van der Waals surface area contributed by atoms with Gasteiger partial charge in [-0.2, -0.15) is 0 Å². The number of fused-ring (bicyclic) bond motifs is 1. The first-order valence-electron chi connectivity index (χ1n) is 7.80. The highest BCUT2D eigenvalue weighted by Crippen LogP contribution is 2.36. The van der Waals surface area contributed by atoms with Crippen LogP contribution in [0.15, 0.2) is 42.5 Å². The number of amides is 3. The topological polar surface area (TPSA) is 75.4 Å². The number of primary amides is 1. The van der Waals surface area contributed by atoms with Gasteiger partial charge in [-0.25, -0.2) is 13.6 Å². The zero-order valence-electron chi connectivity index (χ0n) is 13.5. The molecular weight excluding hydrogens is 328 g/mol. The standard InChI is InChI=1S/C18H17F2N3O2/c1-10(11-5-3-2-4-6-11)23-16-8-12(19)7-14(20)13(16)9-15(17(23)24)22-18(21)25/h2-8,10,15H,9H2,1H3,(H3,21,22,25)/t10-,15+/m0/s1. The Labute approximate surface area is 143 Å². The number of nitrogens with one attached hydrogen (secondary N) is 1. The Morgan fingerprint density at radius 1 is 1.28 bits per heavy atom. The molecule has 0 saturated heterocycles. The van der Waals surface area contributed by atoms with Crippen LogP contribution in [0.5, 0.6) is 0 Å². The number of halogens is 2. The van der Waals surface area contributed by atoms with E-state index in [9.17, 15) is 18.4 Å². The first-order chi connectivity index (χ1) is 11.9. The minimum atomic E-state index is -1.00. The summed E-state index contributed by atoms with van der Waals surface area (Å²) < 4.78 is 28.0. The molecule has 2 atom stereocenters. The lowest BCUT2D eigenvalue weighted by molar-refractivity contribution is -0.121. The van der Waals surface area contributed by atoms with Gasteiger partial charge in [-0.3, -0.25) is 4.79 Å². The van der Waals surface area contributed by atoms with E-state index in [1.165, 1.54) is 4.90 Å². The van der Waals surface area contributed by atoms with E-state index >= 15 is 0 Å². The van der Waals surface area contributed by atoms with Crippen LogP contribution in [-0.2, 0) is 11.2 Å². The number of anilines is 1. The Bertz CT molecular complexity index is 827. The monoisotopic (exact) mass is 345 g/mol. The molecule has 0 radical (unpaired) electrons. The van der Waals surface area contributed by atoms with E-state index < -0.39 is 35.7 Å². The number of hydrogen-bond acceptors (Lipinski definition) is 2. The van der Waals surface area contributed by atoms with Crippen LogP contribution in [-0.4, -0.2) is 18.0 Å². The van der Waals surface area contributed by atoms with Gasteiger partial charge >= 0.3 is 6.03 Å². The molecule has 130 valence electrons. The third kappa shape index (κ3) is 3.17. The molecule has 3 N–H and O–H groups in total. The number of carbonyl (C=O) groups excluding carboxylic acids is 2. The van der Waals surface area contributed by atoms with Crippen molar-refractivity contribution in [2.75, 3.05) is 4.90 Å². The molecule has 2 aromatic rings. The molecule has 2 aromatic carbocycles. The van der Waals surface area contributed by atoms with Gasteiger partial charge in [-0.05, 0) is 18.6 Å². The van der Waals surface area contributed by atoms with Crippen molar-refractivity contribution in [3.8, 4) is 0 Å². The molecule has 5 nitrogen and oxygen atoms in total. The fourth-order valence-corrected chi connectivity index (χ4v) is 3.15. The summed E-state index contributed by atoms with van der Waals surface area (Å²) in [5.41, 5.74) is 6.26. The molecule has 3 rings (SSSR count). The molecule has 0 bridgehead atoms. The SMILES string of the molecule is C[C@@H](c1ccccc1)N1C(=O)[C@H](NC(N)=O)Cc2c(F)cc(F)cc21. The van der Waals surface area contributed by atoms with E-state index in [0.717, 1.165) is 17.7 Å². The summed E-state index contributed by atoms with van der Waals surface area (Å²) in [5.74, 6) is -1.99. The summed E-state index contributed by atoms with van der Waals surface area (Å²) >= 11 is 0. The van der Waals surface area contributed by atoms with Gasteiger partial charge in [0.1, 0.15) is 17.7 Å². The van der Waals surface area contributed by atoms with Crippen LogP contribution >= 0.6 is 0 Å². The molecule has 1 heterocycles. The van der Waals surface area contributed by atoms with Crippen molar-refractivity contribution in [3.63, 3.8) is 0 Å². The van der Waals surface area contributed by atoms with Gasteiger partial charge in [0.05, 0.1) is 11.7 Å². The first kappa shape index (κ1) is 16.9. The average molecular weight is 345 g/mol. The summed E-state index contributed by atoms with van der Waals surface area (Å²) in [5, 5.41) is 2.34. The Hall–Kier alpha value is -2.96. The second kappa shape index (κ2) is 6.51. The number of urea groups is 1. The van der Waals surface area contributed by atoms with Gasteiger partial charge < -0.3 is 16.0 Å². The maximum absolute atomic E-state index is 14.3. The van der Waals surface area contributed by atoms with Crippen molar-refractivity contribution in [1.29, 1.82) is 0 Å². The van der Waals surface area contributed by atoms with Gasteiger partial charge in [0, 0.05) is 18.1 Å². The quantitative estimate of drug-likeness (QED) is 0.897. The van der Waals surface area contributed by atoms with Crippen LogP contribution in [0.3, 0.4) is 0 Å². The number of carbonyl (C=O) groups is 2. The van der Waals surface area contributed by atoms with Crippen LogP contribution in [0.1, 0.15) is 24.1 Å². The molecule has 0 aliphatic carbocycles. The molecule has 1 aliphatic rings. The molecule has 1 aliphatic heterocycles. The maximum atomic E-state index is 14.3. The Kier molecular flexibility index (Phi) is 4.39. The Balaban J connectivity index is 2.11. The van der Waals surface area contributed by atoms with E-state index in [1.54, 1.807) is 6.92 Å². The van der Waals surface area contributed by atoms with E-state index in [0.29, 0.717) is 0 Å². The summed E-state index contributed by atoms with van der Waals surface area (Å²) in [6.07, 6.45) is -0.0821. The van der Waals surface area contributed by atoms with Gasteiger partial charge in [-0.1, -0.05) is 30.3 Å². The smallest absolute Gasteiger partial charge is 0.312 e. The van der Waals surface area contributed by atoms with Crippen molar-refractivity contribution in [3.05, 3.63) is 65.2 Å². The molecule has 0 aromatic heterocycles. The van der Waals surface area contributed by atoms with Crippen LogP contribution in [0.4, 0.5) is 19.3 Å². The molecule has 0 unspecified atom stereocenters. The Morgan fingerprint density at radius 2 is 1.96 bits per heavy atom. The third-order valence-electron chi connectivity index (χ3n) is 4.33. The maximum Gasteiger partial charge on any atom is 0.312 e. The van der Waals surface area contributed by atoms with Gasteiger partial charge in [-0.15, -0.1) is 0 Å².